The predicted molar refractivity (Wildman–Crippen MR) is 86.2 cm³/mol. The van der Waals surface area contributed by atoms with E-state index >= 15 is 0 Å². The van der Waals surface area contributed by atoms with Gasteiger partial charge in [0.25, 0.3) is 0 Å². The van der Waals surface area contributed by atoms with Gasteiger partial charge in [0.2, 0.25) is 0 Å². The fraction of sp³-hybridized carbons (Fsp3) is 0.250. The molecule has 0 aliphatic carbocycles. The van der Waals surface area contributed by atoms with E-state index in [2.05, 4.69) is 12.2 Å². The summed E-state index contributed by atoms with van der Waals surface area (Å²) in [6.45, 7) is 4.74. The highest BCUT2D eigenvalue weighted by atomic mass is 35.5. The molecule has 1 N–H and O–H groups in total. The Hall–Kier alpha value is -1.38. The molecule has 0 saturated carbocycles. The van der Waals surface area contributed by atoms with E-state index in [-0.39, 0.29) is 6.10 Å². The second-order valence-corrected chi connectivity index (χ2v) is 5.65. The average molecular weight is 310 g/mol. The van der Waals surface area contributed by atoms with Crippen molar-refractivity contribution in [1.29, 1.82) is 0 Å². The lowest BCUT2D eigenvalue weighted by atomic mass is 10.2. The monoisotopic (exact) mass is 309 g/mol. The van der Waals surface area contributed by atoms with Crippen molar-refractivity contribution in [3.63, 3.8) is 0 Å². The minimum Gasteiger partial charge on any atom is -0.489 e. The third-order valence-electron chi connectivity index (χ3n) is 2.81. The van der Waals surface area contributed by atoms with E-state index in [0.717, 1.165) is 11.4 Å². The molecule has 4 heteroatoms. The molecule has 2 aromatic carbocycles. The van der Waals surface area contributed by atoms with Crippen LogP contribution in [-0.4, -0.2) is 12.6 Å². The van der Waals surface area contributed by atoms with Crippen LogP contribution in [0.1, 0.15) is 12.5 Å². The summed E-state index contributed by atoms with van der Waals surface area (Å²) in [7, 11) is 0. The average Bonchev–Trinajstić information content (AvgIpc) is 2.38. The molecule has 0 spiro atoms. The van der Waals surface area contributed by atoms with Gasteiger partial charge in [-0.1, -0.05) is 40.9 Å². The van der Waals surface area contributed by atoms with Crippen molar-refractivity contribution in [2.75, 3.05) is 11.9 Å². The van der Waals surface area contributed by atoms with Crippen LogP contribution >= 0.6 is 23.2 Å². The van der Waals surface area contributed by atoms with E-state index in [0.29, 0.717) is 16.6 Å². The molecule has 1 unspecified atom stereocenters. The molecule has 0 fully saturated rings. The van der Waals surface area contributed by atoms with Gasteiger partial charge in [-0.05, 0) is 44.2 Å². The second kappa shape index (κ2) is 6.87. The molecule has 2 rings (SSSR count). The first kappa shape index (κ1) is 15.0. The summed E-state index contributed by atoms with van der Waals surface area (Å²) in [6.07, 6.45) is 0.0375. The zero-order chi connectivity index (χ0) is 14.5. The summed E-state index contributed by atoms with van der Waals surface area (Å²) in [5.74, 6) is 0.869. The van der Waals surface area contributed by atoms with Crippen molar-refractivity contribution < 1.29 is 4.74 Å². The lowest BCUT2D eigenvalue weighted by Gasteiger charge is -2.16. The number of hydrogen-bond donors (Lipinski definition) is 1. The van der Waals surface area contributed by atoms with Gasteiger partial charge in [0.05, 0.1) is 6.54 Å². The minimum atomic E-state index is 0.0375. The number of aryl methyl sites for hydroxylation is 1. The lowest BCUT2D eigenvalue weighted by molar-refractivity contribution is 0.234. The van der Waals surface area contributed by atoms with Gasteiger partial charge in [-0.3, -0.25) is 0 Å². The number of rotatable bonds is 5. The summed E-state index contributed by atoms with van der Waals surface area (Å²) in [5, 5.41) is 4.50. The highest BCUT2D eigenvalue weighted by Gasteiger charge is 2.05. The Labute approximate surface area is 129 Å². The van der Waals surface area contributed by atoms with Crippen LogP contribution < -0.4 is 10.1 Å². The number of nitrogens with one attached hydrogen (secondary N) is 1. The molecular weight excluding hydrogens is 293 g/mol. The quantitative estimate of drug-likeness (QED) is 0.821. The van der Waals surface area contributed by atoms with Gasteiger partial charge in [-0.2, -0.15) is 0 Å². The Morgan fingerprint density at radius 3 is 2.25 bits per heavy atom. The molecular formula is C16H17Cl2NO. The lowest BCUT2D eigenvalue weighted by Crippen LogP contribution is -2.22. The second-order valence-electron chi connectivity index (χ2n) is 4.78. The van der Waals surface area contributed by atoms with E-state index in [1.165, 1.54) is 5.56 Å². The van der Waals surface area contributed by atoms with Crippen LogP contribution in [0.5, 0.6) is 5.75 Å². The number of ether oxygens (including phenoxy) is 1. The smallest absolute Gasteiger partial charge is 0.119 e. The van der Waals surface area contributed by atoms with Gasteiger partial charge in [0, 0.05) is 15.7 Å². The van der Waals surface area contributed by atoms with Crippen molar-refractivity contribution in [2.45, 2.75) is 20.0 Å². The number of anilines is 1. The summed E-state index contributed by atoms with van der Waals surface area (Å²) >= 11 is 11.9. The van der Waals surface area contributed by atoms with Crippen LogP contribution in [0.2, 0.25) is 10.0 Å². The molecule has 0 aromatic heterocycles. The molecule has 106 valence electrons. The molecule has 1 atom stereocenters. The molecule has 2 aromatic rings. The Morgan fingerprint density at radius 2 is 1.65 bits per heavy atom. The molecule has 20 heavy (non-hydrogen) atoms. The maximum absolute atomic E-state index is 5.95. The van der Waals surface area contributed by atoms with E-state index in [9.17, 15) is 0 Å². The normalized spacial score (nSPS) is 12.0. The molecule has 0 aliphatic rings. The summed E-state index contributed by atoms with van der Waals surface area (Å²) < 4.78 is 5.82. The number of halogens is 2. The topological polar surface area (TPSA) is 21.3 Å². The summed E-state index contributed by atoms with van der Waals surface area (Å²) in [4.78, 5) is 0. The highest BCUT2D eigenvalue weighted by molar-refractivity contribution is 6.35. The zero-order valence-corrected chi connectivity index (χ0v) is 13.0. The van der Waals surface area contributed by atoms with Crippen LogP contribution in [0.3, 0.4) is 0 Å². The third-order valence-corrected chi connectivity index (χ3v) is 3.25. The molecule has 0 amide bonds. The van der Waals surface area contributed by atoms with Crippen LogP contribution in [0.15, 0.2) is 42.5 Å². The first-order valence-corrected chi connectivity index (χ1v) is 7.22. The van der Waals surface area contributed by atoms with E-state index in [4.69, 9.17) is 27.9 Å². The Kier molecular flexibility index (Phi) is 5.16. The largest absolute Gasteiger partial charge is 0.489 e. The van der Waals surface area contributed by atoms with Crippen molar-refractivity contribution in [3.05, 3.63) is 58.1 Å². The Balaban J connectivity index is 1.88. The first-order chi connectivity index (χ1) is 9.52. The van der Waals surface area contributed by atoms with E-state index in [1.54, 1.807) is 6.07 Å². The van der Waals surface area contributed by atoms with Crippen LogP contribution in [0, 0.1) is 6.92 Å². The van der Waals surface area contributed by atoms with Crippen molar-refractivity contribution in [3.8, 4) is 5.75 Å². The van der Waals surface area contributed by atoms with Gasteiger partial charge in [0.1, 0.15) is 11.9 Å². The number of benzene rings is 2. The first-order valence-electron chi connectivity index (χ1n) is 6.46. The van der Waals surface area contributed by atoms with E-state index in [1.807, 2.05) is 43.3 Å². The fourth-order valence-electron chi connectivity index (χ4n) is 1.81. The van der Waals surface area contributed by atoms with Gasteiger partial charge in [-0.15, -0.1) is 0 Å². The Bertz CT molecular complexity index is 549. The SMILES string of the molecule is Cc1ccc(OC(C)CNc2cc(Cl)cc(Cl)c2)cc1. The zero-order valence-electron chi connectivity index (χ0n) is 11.5. The molecule has 0 bridgehead atoms. The van der Waals surface area contributed by atoms with Crippen molar-refractivity contribution >= 4 is 28.9 Å². The standard InChI is InChI=1S/C16H17Cl2NO/c1-11-3-5-16(6-4-11)20-12(2)10-19-15-8-13(17)7-14(18)9-15/h3-9,12,19H,10H2,1-2H3. The van der Waals surface area contributed by atoms with Crippen molar-refractivity contribution in [1.82, 2.24) is 0 Å². The molecule has 0 saturated heterocycles. The van der Waals surface area contributed by atoms with Gasteiger partial charge >= 0.3 is 0 Å². The van der Waals surface area contributed by atoms with Gasteiger partial charge in [-0.25, -0.2) is 0 Å². The highest BCUT2D eigenvalue weighted by Crippen LogP contribution is 2.22. The van der Waals surface area contributed by atoms with Crippen LogP contribution in [-0.2, 0) is 0 Å². The van der Waals surface area contributed by atoms with Crippen molar-refractivity contribution in [2.24, 2.45) is 0 Å². The maximum Gasteiger partial charge on any atom is 0.119 e. The Morgan fingerprint density at radius 1 is 1.05 bits per heavy atom. The van der Waals surface area contributed by atoms with E-state index < -0.39 is 0 Å². The van der Waals surface area contributed by atoms with Crippen LogP contribution in [0.25, 0.3) is 0 Å². The van der Waals surface area contributed by atoms with Gasteiger partial charge in [0.15, 0.2) is 0 Å². The predicted octanol–water partition coefficient (Wildman–Crippen LogP) is 5.18. The molecule has 0 radical (unpaired) electrons. The molecule has 0 heterocycles. The third kappa shape index (κ3) is 4.62. The maximum atomic E-state index is 5.95. The van der Waals surface area contributed by atoms with Crippen LogP contribution in [0.4, 0.5) is 5.69 Å². The summed E-state index contributed by atoms with van der Waals surface area (Å²) in [5.41, 5.74) is 2.11. The number of hydrogen-bond acceptors (Lipinski definition) is 2. The molecule has 0 aliphatic heterocycles. The molecule has 2 nitrogen and oxygen atoms in total. The summed E-state index contributed by atoms with van der Waals surface area (Å²) in [6, 6.07) is 13.4. The van der Waals surface area contributed by atoms with Gasteiger partial charge < -0.3 is 10.1 Å². The fourth-order valence-corrected chi connectivity index (χ4v) is 2.33. The minimum absolute atomic E-state index is 0.0375.